The van der Waals surface area contributed by atoms with E-state index < -0.39 is 5.97 Å². The average Bonchev–Trinajstić information content (AvgIpc) is 2.73. The van der Waals surface area contributed by atoms with E-state index in [1.807, 2.05) is 11.4 Å². The molecule has 0 bridgehead atoms. The van der Waals surface area contributed by atoms with Crippen molar-refractivity contribution >= 4 is 39.3 Å². The fraction of sp³-hybridized carbons (Fsp3) is 0.300. The molecular formula is C10H10N2O2S2. The standard InChI is InChI=1S/C10H10N2O2S2/c1-6(10(13)14)4-16-9-7-2-3-15-8(7)11-5-12-9/h2-3,5-6H,4H2,1H3,(H,13,14). The highest BCUT2D eigenvalue weighted by Crippen LogP contribution is 2.28. The first-order valence-corrected chi connectivity index (χ1v) is 6.59. The van der Waals surface area contributed by atoms with E-state index in [9.17, 15) is 4.79 Å². The van der Waals surface area contributed by atoms with Gasteiger partial charge in [-0.3, -0.25) is 4.79 Å². The van der Waals surface area contributed by atoms with Crippen molar-refractivity contribution in [2.75, 3.05) is 5.75 Å². The van der Waals surface area contributed by atoms with Gasteiger partial charge in [0.1, 0.15) is 16.2 Å². The smallest absolute Gasteiger partial charge is 0.307 e. The molecule has 2 heterocycles. The second-order valence-corrected chi connectivity index (χ2v) is 5.27. The van der Waals surface area contributed by atoms with Crippen LogP contribution < -0.4 is 0 Å². The molecule has 2 aromatic rings. The maximum absolute atomic E-state index is 10.7. The van der Waals surface area contributed by atoms with Crippen LogP contribution in [-0.2, 0) is 4.79 Å². The number of aliphatic carboxylic acids is 1. The molecule has 1 N–H and O–H groups in total. The Bertz CT molecular complexity index is 512. The molecule has 0 saturated heterocycles. The lowest BCUT2D eigenvalue weighted by Gasteiger charge is -2.05. The summed E-state index contributed by atoms with van der Waals surface area (Å²) in [7, 11) is 0. The summed E-state index contributed by atoms with van der Waals surface area (Å²) in [6.45, 7) is 1.70. The third kappa shape index (κ3) is 2.33. The SMILES string of the molecule is CC(CSc1ncnc2sccc12)C(=O)O. The van der Waals surface area contributed by atoms with Gasteiger partial charge in [-0.1, -0.05) is 6.92 Å². The molecule has 4 nitrogen and oxygen atoms in total. The monoisotopic (exact) mass is 254 g/mol. The minimum Gasteiger partial charge on any atom is -0.481 e. The molecule has 0 aliphatic carbocycles. The number of carbonyl (C=O) groups is 1. The quantitative estimate of drug-likeness (QED) is 0.671. The minimum atomic E-state index is -0.775. The van der Waals surface area contributed by atoms with Gasteiger partial charge in [0, 0.05) is 11.1 Å². The number of carboxylic acids is 1. The van der Waals surface area contributed by atoms with Crippen LogP contribution in [-0.4, -0.2) is 26.8 Å². The molecule has 16 heavy (non-hydrogen) atoms. The number of hydrogen-bond acceptors (Lipinski definition) is 5. The Hall–Kier alpha value is -1.14. The third-order valence-corrected chi connectivity index (χ3v) is 4.20. The molecule has 84 valence electrons. The lowest BCUT2D eigenvalue weighted by molar-refractivity contribution is -0.140. The average molecular weight is 254 g/mol. The number of fused-ring (bicyclic) bond motifs is 1. The summed E-state index contributed by atoms with van der Waals surface area (Å²) >= 11 is 3.03. The summed E-state index contributed by atoms with van der Waals surface area (Å²) < 4.78 is 0. The molecule has 0 fully saturated rings. The van der Waals surface area contributed by atoms with E-state index in [1.165, 1.54) is 18.1 Å². The molecular weight excluding hydrogens is 244 g/mol. The zero-order valence-electron chi connectivity index (χ0n) is 8.58. The molecule has 0 aliphatic rings. The van der Waals surface area contributed by atoms with Crippen LogP contribution in [0.1, 0.15) is 6.92 Å². The van der Waals surface area contributed by atoms with Gasteiger partial charge in [0.2, 0.25) is 0 Å². The number of hydrogen-bond donors (Lipinski definition) is 1. The van der Waals surface area contributed by atoms with Crippen molar-refractivity contribution in [3.63, 3.8) is 0 Å². The van der Waals surface area contributed by atoms with Crippen LogP contribution in [0.3, 0.4) is 0 Å². The predicted octanol–water partition coefficient (Wildman–Crippen LogP) is 2.50. The van der Waals surface area contributed by atoms with E-state index in [0.717, 1.165) is 15.2 Å². The molecule has 1 atom stereocenters. The van der Waals surface area contributed by atoms with Gasteiger partial charge in [-0.25, -0.2) is 9.97 Å². The number of thioether (sulfide) groups is 1. The Morgan fingerprint density at radius 2 is 2.44 bits per heavy atom. The summed E-state index contributed by atoms with van der Waals surface area (Å²) in [6, 6.07) is 1.97. The highest BCUT2D eigenvalue weighted by atomic mass is 32.2. The third-order valence-electron chi connectivity index (χ3n) is 2.12. The van der Waals surface area contributed by atoms with E-state index >= 15 is 0 Å². The van der Waals surface area contributed by atoms with E-state index in [2.05, 4.69) is 9.97 Å². The van der Waals surface area contributed by atoms with Crippen LogP contribution in [0.5, 0.6) is 0 Å². The Kier molecular flexibility index (Phi) is 3.40. The topological polar surface area (TPSA) is 63.1 Å². The molecule has 2 aromatic heterocycles. The first-order chi connectivity index (χ1) is 7.68. The minimum absolute atomic E-state index is 0.367. The van der Waals surface area contributed by atoms with Crippen molar-refractivity contribution < 1.29 is 9.90 Å². The Balaban J connectivity index is 2.15. The number of rotatable bonds is 4. The molecule has 0 aromatic carbocycles. The van der Waals surface area contributed by atoms with Crippen molar-refractivity contribution in [2.45, 2.75) is 11.9 Å². The van der Waals surface area contributed by atoms with Gasteiger partial charge in [0.15, 0.2) is 0 Å². The number of aromatic nitrogens is 2. The summed E-state index contributed by atoms with van der Waals surface area (Å²) in [4.78, 5) is 20.0. The van der Waals surface area contributed by atoms with Crippen LogP contribution in [0.2, 0.25) is 0 Å². The zero-order valence-corrected chi connectivity index (χ0v) is 10.2. The van der Waals surface area contributed by atoms with Crippen molar-refractivity contribution in [3.05, 3.63) is 17.8 Å². The van der Waals surface area contributed by atoms with E-state index in [4.69, 9.17) is 5.11 Å². The number of nitrogens with zero attached hydrogens (tertiary/aromatic N) is 2. The van der Waals surface area contributed by atoms with Gasteiger partial charge >= 0.3 is 5.97 Å². The highest BCUT2D eigenvalue weighted by Gasteiger charge is 2.13. The summed E-state index contributed by atoms with van der Waals surface area (Å²) in [5.41, 5.74) is 0. The first-order valence-electron chi connectivity index (χ1n) is 4.72. The molecule has 0 aliphatic heterocycles. The van der Waals surface area contributed by atoms with Gasteiger partial charge in [-0.15, -0.1) is 23.1 Å². The lowest BCUT2D eigenvalue weighted by atomic mass is 10.2. The van der Waals surface area contributed by atoms with Crippen LogP contribution in [0.25, 0.3) is 10.2 Å². The van der Waals surface area contributed by atoms with Crippen LogP contribution in [0, 0.1) is 5.92 Å². The molecule has 0 radical (unpaired) electrons. The molecule has 1 unspecified atom stereocenters. The van der Waals surface area contributed by atoms with Crippen LogP contribution >= 0.6 is 23.1 Å². The molecule has 0 spiro atoms. The molecule has 0 amide bonds. The van der Waals surface area contributed by atoms with Gasteiger partial charge in [0.25, 0.3) is 0 Å². The first kappa shape index (κ1) is 11.3. The predicted molar refractivity (Wildman–Crippen MR) is 64.9 cm³/mol. The molecule has 6 heteroatoms. The van der Waals surface area contributed by atoms with Gasteiger partial charge in [-0.05, 0) is 11.4 Å². The maximum Gasteiger partial charge on any atom is 0.307 e. The van der Waals surface area contributed by atoms with Gasteiger partial charge in [-0.2, -0.15) is 0 Å². The Morgan fingerprint density at radius 1 is 1.62 bits per heavy atom. The van der Waals surface area contributed by atoms with E-state index in [1.54, 1.807) is 18.3 Å². The van der Waals surface area contributed by atoms with Crippen LogP contribution in [0.4, 0.5) is 0 Å². The van der Waals surface area contributed by atoms with Gasteiger partial charge < -0.3 is 5.11 Å². The van der Waals surface area contributed by atoms with Crippen molar-refractivity contribution in [2.24, 2.45) is 5.92 Å². The maximum atomic E-state index is 10.7. The van der Waals surface area contributed by atoms with Crippen molar-refractivity contribution in [3.8, 4) is 0 Å². The highest BCUT2D eigenvalue weighted by molar-refractivity contribution is 7.99. The van der Waals surface area contributed by atoms with E-state index in [0.29, 0.717) is 5.75 Å². The zero-order chi connectivity index (χ0) is 11.5. The summed E-state index contributed by atoms with van der Waals surface area (Å²) in [5.74, 6) is -0.617. The number of thiophene rings is 1. The van der Waals surface area contributed by atoms with Gasteiger partial charge in [0.05, 0.1) is 5.92 Å². The van der Waals surface area contributed by atoms with Crippen molar-refractivity contribution in [1.82, 2.24) is 9.97 Å². The summed E-state index contributed by atoms with van der Waals surface area (Å²) in [6.07, 6.45) is 1.52. The summed E-state index contributed by atoms with van der Waals surface area (Å²) in [5, 5.41) is 12.6. The fourth-order valence-corrected chi connectivity index (χ4v) is 2.95. The van der Waals surface area contributed by atoms with E-state index in [-0.39, 0.29) is 5.92 Å². The Morgan fingerprint density at radius 3 is 3.19 bits per heavy atom. The molecule has 0 saturated carbocycles. The lowest BCUT2D eigenvalue weighted by Crippen LogP contribution is -2.11. The largest absolute Gasteiger partial charge is 0.481 e. The molecule has 2 rings (SSSR count). The second kappa shape index (κ2) is 4.80. The number of carboxylic acid groups (broad SMARTS) is 1. The normalized spacial score (nSPS) is 12.8. The second-order valence-electron chi connectivity index (χ2n) is 3.37. The van der Waals surface area contributed by atoms with Crippen molar-refractivity contribution in [1.29, 1.82) is 0 Å². The fourth-order valence-electron chi connectivity index (χ4n) is 1.16. The van der Waals surface area contributed by atoms with Crippen LogP contribution in [0.15, 0.2) is 22.8 Å². The Labute approximate surface area is 101 Å².